The zero-order valence-electron chi connectivity index (χ0n) is 9.15. The van der Waals surface area contributed by atoms with Crippen LogP contribution in [-0.4, -0.2) is 29.0 Å². The molecule has 0 bridgehead atoms. The van der Waals surface area contributed by atoms with Crippen LogP contribution in [-0.2, 0) is 15.2 Å². The summed E-state index contributed by atoms with van der Waals surface area (Å²) in [5.41, 5.74) is -1.70. The standard InChI is InChI=1S/C11H10F3NO3/c12-11(13,14)18-15-7-6-10(17,9(15)16)8-4-2-1-3-5-8/h1-5,17H,6-7H2/t10-/m1/s1. The smallest absolute Gasteiger partial charge is 0.375 e. The minimum atomic E-state index is -4.95. The summed E-state index contributed by atoms with van der Waals surface area (Å²) in [6, 6.07) is 7.82. The van der Waals surface area contributed by atoms with Gasteiger partial charge in [-0.05, 0) is 5.56 Å². The highest BCUT2D eigenvalue weighted by atomic mass is 19.4. The van der Waals surface area contributed by atoms with Gasteiger partial charge in [-0.3, -0.25) is 4.79 Å². The summed E-state index contributed by atoms with van der Waals surface area (Å²) >= 11 is 0. The van der Waals surface area contributed by atoms with Crippen LogP contribution in [0.15, 0.2) is 30.3 Å². The van der Waals surface area contributed by atoms with E-state index in [0.717, 1.165) is 0 Å². The Hall–Kier alpha value is -1.60. The molecule has 1 saturated heterocycles. The van der Waals surface area contributed by atoms with Crippen molar-refractivity contribution < 1.29 is 27.9 Å². The number of carbonyl (C=O) groups is 1. The van der Waals surface area contributed by atoms with E-state index in [0.29, 0.717) is 0 Å². The lowest BCUT2D eigenvalue weighted by Crippen LogP contribution is -2.40. The number of hydroxylamine groups is 2. The molecule has 0 aromatic heterocycles. The number of nitrogens with zero attached hydrogens (tertiary/aromatic N) is 1. The van der Waals surface area contributed by atoms with Crippen molar-refractivity contribution in [3.63, 3.8) is 0 Å². The van der Waals surface area contributed by atoms with Crippen molar-refractivity contribution in [2.24, 2.45) is 0 Å². The maximum absolute atomic E-state index is 12.0. The maximum Gasteiger partial charge on any atom is 0.544 e. The molecule has 1 heterocycles. The summed E-state index contributed by atoms with van der Waals surface area (Å²) in [7, 11) is 0. The summed E-state index contributed by atoms with van der Waals surface area (Å²) in [6.07, 6.45) is -5.09. The highest BCUT2D eigenvalue weighted by Gasteiger charge is 2.50. The average molecular weight is 261 g/mol. The Bertz CT molecular complexity index is 449. The van der Waals surface area contributed by atoms with Gasteiger partial charge in [0.25, 0.3) is 5.91 Å². The van der Waals surface area contributed by atoms with E-state index in [4.69, 9.17) is 0 Å². The Morgan fingerprint density at radius 1 is 1.28 bits per heavy atom. The minimum Gasteiger partial charge on any atom is -0.375 e. The SMILES string of the molecule is O=C1N(OC(F)(F)F)CC[C@@]1(O)c1ccccc1. The van der Waals surface area contributed by atoms with Gasteiger partial charge in [0.05, 0.1) is 6.54 Å². The van der Waals surface area contributed by atoms with E-state index in [9.17, 15) is 23.1 Å². The van der Waals surface area contributed by atoms with Gasteiger partial charge < -0.3 is 5.11 Å². The second-order valence-corrected chi connectivity index (χ2v) is 3.92. The molecule has 7 heteroatoms. The third-order valence-electron chi connectivity index (χ3n) is 2.72. The largest absolute Gasteiger partial charge is 0.544 e. The molecular formula is C11H10F3NO3. The van der Waals surface area contributed by atoms with Crippen LogP contribution in [0.3, 0.4) is 0 Å². The predicted molar refractivity (Wildman–Crippen MR) is 53.8 cm³/mol. The van der Waals surface area contributed by atoms with Gasteiger partial charge in [0.1, 0.15) is 0 Å². The zero-order chi connectivity index (χ0) is 13.4. The van der Waals surface area contributed by atoms with E-state index in [2.05, 4.69) is 4.84 Å². The Morgan fingerprint density at radius 2 is 1.89 bits per heavy atom. The van der Waals surface area contributed by atoms with E-state index < -0.39 is 17.9 Å². The van der Waals surface area contributed by atoms with Crippen molar-refractivity contribution in [3.8, 4) is 0 Å². The van der Waals surface area contributed by atoms with Crippen molar-refractivity contribution in [3.05, 3.63) is 35.9 Å². The fourth-order valence-electron chi connectivity index (χ4n) is 1.87. The first-order chi connectivity index (χ1) is 8.33. The molecule has 0 spiro atoms. The summed E-state index contributed by atoms with van der Waals surface area (Å²) in [5, 5.41) is 10.3. The minimum absolute atomic E-state index is 0.146. The Morgan fingerprint density at radius 3 is 2.44 bits per heavy atom. The van der Waals surface area contributed by atoms with Gasteiger partial charge in [-0.2, -0.15) is 4.84 Å². The number of carbonyl (C=O) groups excluding carboxylic acids is 1. The van der Waals surface area contributed by atoms with Crippen molar-refractivity contribution >= 4 is 5.91 Å². The first-order valence-corrected chi connectivity index (χ1v) is 5.19. The van der Waals surface area contributed by atoms with Gasteiger partial charge in [0.2, 0.25) is 0 Å². The van der Waals surface area contributed by atoms with Gasteiger partial charge >= 0.3 is 6.36 Å². The molecule has 18 heavy (non-hydrogen) atoms. The molecule has 0 aliphatic carbocycles. The summed E-state index contributed by atoms with van der Waals surface area (Å²) < 4.78 is 36.1. The predicted octanol–water partition coefficient (Wildman–Crippen LogP) is 1.56. The van der Waals surface area contributed by atoms with Crippen molar-refractivity contribution in [1.82, 2.24) is 5.06 Å². The Kier molecular flexibility index (Phi) is 3.04. The molecule has 98 valence electrons. The fourth-order valence-corrected chi connectivity index (χ4v) is 1.87. The molecule has 0 saturated carbocycles. The molecule has 1 amide bonds. The number of aliphatic hydroxyl groups is 1. The summed E-state index contributed by atoms with van der Waals surface area (Å²) in [6.45, 7) is -0.316. The van der Waals surface area contributed by atoms with Crippen molar-refractivity contribution in [1.29, 1.82) is 0 Å². The van der Waals surface area contributed by atoms with E-state index >= 15 is 0 Å². The molecule has 1 atom stereocenters. The Labute approximate surface area is 101 Å². The first-order valence-electron chi connectivity index (χ1n) is 5.19. The van der Waals surface area contributed by atoms with Crippen LogP contribution in [0, 0.1) is 0 Å². The molecule has 1 aliphatic rings. The molecule has 2 rings (SSSR count). The van der Waals surface area contributed by atoms with Gasteiger partial charge in [-0.25, -0.2) is 5.06 Å². The lowest BCUT2D eigenvalue weighted by atomic mass is 9.92. The van der Waals surface area contributed by atoms with Crippen LogP contribution in [0.25, 0.3) is 0 Å². The third-order valence-corrected chi connectivity index (χ3v) is 2.72. The molecule has 0 unspecified atom stereocenters. The van der Waals surface area contributed by atoms with Crippen LogP contribution in [0.1, 0.15) is 12.0 Å². The lowest BCUT2D eigenvalue weighted by molar-refractivity contribution is -0.400. The molecular weight excluding hydrogens is 251 g/mol. The molecule has 0 radical (unpaired) electrons. The second kappa shape index (κ2) is 4.25. The van der Waals surface area contributed by atoms with Gasteiger partial charge in [-0.1, -0.05) is 30.3 Å². The monoisotopic (exact) mass is 261 g/mol. The normalized spacial score (nSPS) is 24.7. The van der Waals surface area contributed by atoms with E-state index in [1.807, 2.05) is 0 Å². The van der Waals surface area contributed by atoms with Crippen LogP contribution in [0.4, 0.5) is 13.2 Å². The van der Waals surface area contributed by atoms with Gasteiger partial charge in [-0.15, -0.1) is 13.2 Å². The first kappa shape index (κ1) is 12.8. The molecule has 1 aromatic rings. The average Bonchev–Trinajstić information content (AvgIpc) is 2.58. The fraction of sp³-hybridized carbons (Fsp3) is 0.364. The van der Waals surface area contributed by atoms with Gasteiger partial charge in [0, 0.05) is 6.42 Å². The number of benzene rings is 1. The van der Waals surface area contributed by atoms with Gasteiger partial charge in [0.15, 0.2) is 5.60 Å². The number of amides is 1. The molecule has 1 N–H and O–H groups in total. The number of alkyl halides is 3. The molecule has 4 nitrogen and oxygen atoms in total. The van der Waals surface area contributed by atoms with E-state index in [-0.39, 0.29) is 23.6 Å². The molecule has 1 fully saturated rings. The molecule has 1 aliphatic heterocycles. The van der Waals surface area contributed by atoms with E-state index in [1.165, 1.54) is 12.1 Å². The maximum atomic E-state index is 12.0. The number of rotatable bonds is 2. The summed E-state index contributed by atoms with van der Waals surface area (Å²) in [4.78, 5) is 15.3. The summed E-state index contributed by atoms with van der Waals surface area (Å²) in [5.74, 6) is -1.11. The molecule has 1 aromatic carbocycles. The van der Waals surface area contributed by atoms with Crippen LogP contribution in [0.5, 0.6) is 0 Å². The zero-order valence-corrected chi connectivity index (χ0v) is 9.15. The van der Waals surface area contributed by atoms with Crippen LogP contribution < -0.4 is 0 Å². The van der Waals surface area contributed by atoms with Crippen molar-refractivity contribution in [2.45, 2.75) is 18.4 Å². The highest BCUT2D eigenvalue weighted by Crippen LogP contribution is 2.35. The number of hydrogen-bond donors (Lipinski definition) is 1. The number of hydrogen-bond acceptors (Lipinski definition) is 3. The quantitative estimate of drug-likeness (QED) is 0.878. The third kappa shape index (κ3) is 2.32. The van der Waals surface area contributed by atoms with Crippen LogP contribution >= 0.6 is 0 Å². The second-order valence-electron chi connectivity index (χ2n) is 3.92. The van der Waals surface area contributed by atoms with E-state index in [1.54, 1.807) is 18.2 Å². The topological polar surface area (TPSA) is 49.8 Å². The van der Waals surface area contributed by atoms with Crippen LogP contribution in [0.2, 0.25) is 0 Å². The number of halogens is 3. The highest BCUT2D eigenvalue weighted by molar-refractivity contribution is 5.87. The van der Waals surface area contributed by atoms with Crippen molar-refractivity contribution in [2.75, 3.05) is 6.54 Å². The Balaban J connectivity index is 2.21. The lowest BCUT2D eigenvalue weighted by Gasteiger charge is -2.22.